The van der Waals surface area contributed by atoms with Gasteiger partial charge in [0.2, 0.25) is 5.83 Å². The second kappa shape index (κ2) is 7.48. The van der Waals surface area contributed by atoms with E-state index in [1.807, 2.05) is 0 Å². The summed E-state index contributed by atoms with van der Waals surface area (Å²) < 4.78 is 246. The van der Waals surface area contributed by atoms with E-state index in [1.54, 1.807) is 0 Å². The minimum atomic E-state index is -8.80. The maximum atomic E-state index is 13.3. The summed E-state index contributed by atoms with van der Waals surface area (Å²) in [4.78, 5) is 0. The Morgan fingerprint density at radius 2 is 0.806 bits per heavy atom. The van der Waals surface area contributed by atoms with Crippen LogP contribution in [0.4, 0.5) is 83.4 Å². The number of halogens is 19. The first-order chi connectivity index (χ1) is 13.2. The van der Waals surface area contributed by atoms with Crippen LogP contribution in [-0.4, -0.2) is 53.6 Å². The van der Waals surface area contributed by atoms with E-state index >= 15 is 0 Å². The predicted molar refractivity (Wildman–Crippen MR) is 59.1 cm³/mol. The maximum absolute atomic E-state index is 13.3. The van der Waals surface area contributed by atoms with E-state index in [0.29, 0.717) is 0 Å². The summed E-state index contributed by atoms with van der Waals surface area (Å²) in [6.45, 7) is -0.716. The predicted octanol–water partition coefficient (Wildman–Crippen LogP) is 7.01. The van der Waals surface area contributed by atoms with Crippen molar-refractivity contribution in [2.24, 2.45) is 0 Å². The molecule has 0 aromatic rings. The van der Waals surface area contributed by atoms with Crippen molar-refractivity contribution < 1.29 is 83.4 Å². The molecule has 0 aliphatic heterocycles. The molecule has 0 rings (SSSR count). The molecule has 0 aromatic heterocycles. The maximum Gasteiger partial charge on any atom is 0.385 e. The molecule has 0 bridgehead atoms. The van der Waals surface area contributed by atoms with Crippen LogP contribution in [0.25, 0.3) is 0 Å². The smallest absolute Gasteiger partial charge is 0.241 e. The Morgan fingerprint density at radius 1 is 0.548 bits per heavy atom. The minimum Gasteiger partial charge on any atom is -0.241 e. The molecular formula is C12H4F19. The topological polar surface area (TPSA) is 0 Å². The monoisotopic (exact) mass is 509 g/mol. The molecule has 31 heavy (non-hydrogen) atoms. The summed E-state index contributed by atoms with van der Waals surface area (Å²) in [5.74, 6) is -70.1. The molecule has 0 aliphatic rings. The number of alkyl halides is 17. The van der Waals surface area contributed by atoms with Gasteiger partial charge in [0.05, 0.1) is 0 Å². The van der Waals surface area contributed by atoms with E-state index in [2.05, 4.69) is 0 Å². The van der Waals surface area contributed by atoms with Crippen LogP contribution in [0, 0.1) is 6.33 Å². The van der Waals surface area contributed by atoms with Crippen molar-refractivity contribution >= 4 is 0 Å². The number of hydrogen-bond acceptors (Lipinski definition) is 0. The summed E-state index contributed by atoms with van der Waals surface area (Å²) in [7, 11) is 0. The van der Waals surface area contributed by atoms with Crippen molar-refractivity contribution in [1.29, 1.82) is 0 Å². The van der Waals surface area contributed by atoms with Crippen LogP contribution in [0.5, 0.6) is 0 Å². The van der Waals surface area contributed by atoms with E-state index in [4.69, 9.17) is 0 Å². The van der Waals surface area contributed by atoms with Crippen LogP contribution >= 0.6 is 0 Å². The molecule has 0 amide bonds. The lowest BCUT2D eigenvalue weighted by atomic mass is 9.87. The summed E-state index contributed by atoms with van der Waals surface area (Å²) in [5, 5.41) is 0. The van der Waals surface area contributed by atoms with Gasteiger partial charge in [-0.15, -0.1) is 0 Å². The highest BCUT2D eigenvalue weighted by Gasteiger charge is 2.95. The van der Waals surface area contributed by atoms with Gasteiger partial charge >= 0.3 is 47.4 Å². The Kier molecular flexibility index (Phi) is 7.10. The quantitative estimate of drug-likeness (QED) is 0.294. The molecule has 1 unspecified atom stereocenters. The van der Waals surface area contributed by atoms with E-state index in [0.717, 1.165) is 0 Å². The van der Waals surface area contributed by atoms with Gasteiger partial charge in [-0.2, -0.15) is 70.2 Å². The lowest BCUT2D eigenvalue weighted by molar-refractivity contribution is -0.453. The fourth-order valence-electron chi connectivity index (χ4n) is 1.64. The highest BCUT2D eigenvalue weighted by atomic mass is 19.4. The van der Waals surface area contributed by atoms with Gasteiger partial charge in [-0.1, -0.05) is 0 Å². The lowest BCUT2D eigenvalue weighted by Crippen LogP contribution is -2.75. The molecule has 1 atom stereocenters. The Morgan fingerprint density at radius 3 is 1.06 bits per heavy atom. The number of rotatable bonds is 9. The Balaban J connectivity index is 6.91. The zero-order valence-electron chi connectivity index (χ0n) is 13.8. The van der Waals surface area contributed by atoms with Crippen LogP contribution in [0.3, 0.4) is 0 Å². The third-order valence-electron chi connectivity index (χ3n) is 3.64. The molecule has 0 fully saturated rings. The highest BCUT2D eigenvalue weighted by Crippen LogP contribution is 2.64. The van der Waals surface area contributed by atoms with Crippen molar-refractivity contribution in [2.75, 3.05) is 0 Å². The number of allylic oxidation sites excluding steroid dienone is 1. The normalized spacial score (nSPS) is 17.7. The standard InChI is InChI=1S/C12H4F19/c1-3(14)5(16,17)7(20,21)9(24,25)11(28,29)12(30,31)10(26,27)8(22,23)6(18,19)4(15)2-13/h3H,1H3. The zero-order chi connectivity index (χ0) is 25.9. The summed E-state index contributed by atoms with van der Waals surface area (Å²) in [6, 6.07) is 0. The molecule has 0 spiro atoms. The fourth-order valence-corrected chi connectivity index (χ4v) is 1.64. The summed E-state index contributed by atoms with van der Waals surface area (Å²) in [5.41, 5.74) is 0. The Hall–Kier alpha value is -1.59. The van der Waals surface area contributed by atoms with Crippen molar-refractivity contribution in [3.8, 4) is 0 Å². The van der Waals surface area contributed by atoms with Crippen LogP contribution in [0.2, 0.25) is 0 Å². The average Bonchev–Trinajstić information content (AvgIpc) is 2.59. The van der Waals surface area contributed by atoms with Crippen molar-refractivity contribution in [1.82, 2.24) is 0 Å². The highest BCUT2D eigenvalue weighted by molar-refractivity contribution is 5.19. The molecule has 0 heterocycles. The molecule has 0 aromatic carbocycles. The van der Waals surface area contributed by atoms with Gasteiger partial charge in [0, 0.05) is 0 Å². The first-order valence-electron chi connectivity index (χ1n) is 6.74. The van der Waals surface area contributed by atoms with E-state index in [-0.39, 0.29) is 0 Å². The fraction of sp³-hybridized carbons (Fsp3) is 0.833. The molecule has 0 saturated carbocycles. The van der Waals surface area contributed by atoms with Gasteiger partial charge in [-0.05, 0) is 6.92 Å². The third kappa shape index (κ3) is 3.48. The largest absolute Gasteiger partial charge is 0.385 e. The van der Waals surface area contributed by atoms with Gasteiger partial charge in [0.25, 0.3) is 0 Å². The van der Waals surface area contributed by atoms with Gasteiger partial charge < -0.3 is 0 Å². The van der Waals surface area contributed by atoms with Gasteiger partial charge in [-0.25, -0.2) is 13.2 Å². The molecule has 0 saturated heterocycles. The lowest BCUT2D eigenvalue weighted by Gasteiger charge is -2.43. The summed E-state index contributed by atoms with van der Waals surface area (Å²) in [6.07, 6.45) is -5.66. The zero-order valence-corrected chi connectivity index (χ0v) is 13.8. The van der Waals surface area contributed by atoms with Gasteiger partial charge in [0.15, 0.2) is 12.5 Å². The second-order valence-corrected chi connectivity index (χ2v) is 5.67. The summed E-state index contributed by atoms with van der Waals surface area (Å²) >= 11 is 0. The molecule has 185 valence electrons. The van der Waals surface area contributed by atoms with Gasteiger partial charge in [0.1, 0.15) is 0 Å². The van der Waals surface area contributed by atoms with E-state index < -0.39 is 72.6 Å². The van der Waals surface area contributed by atoms with Crippen molar-refractivity contribution in [2.45, 2.75) is 60.5 Å². The van der Waals surface area contributed by atoms with Crippen molar-refractivity contribution in [3.63, 3.8) is 0 Å². The van der Waals surface area contributed by atoms with E-state index in [9.17, 15) is 83.4 Å². The first-order valence-corrected chi connectivity index (χ1v) is 6.74. The molecular weight excluding hydrogens is 505 g/mol. The number of hydrogen-bond donors (Lipinski definition) is 0. The van der Waals surface area contributed by atoms with Crippen LogP contribution in [0.1, 0.15) is 6.92 Å². The second-order valence-electron chi connectivity index (χ2n) is 5.67. The molecule has 1 radical (unpaired) electrons. The van der Waals surface area contributed by atoms with E-state index in [1.165, 1.54) is 0 Å². The van der Waals surface area contributed by atoms with Crippen molar-refractivity contribution in [3.05, 3.63) is 12.2 Å². The van der Waals surface area contributed by atoms with Crippen LogP contribution in [-0.2, 0) is 0 Å². The molecule has 19 heteroatoms. The minimum absolute atomic E-state index is 0.716. The Labute approximate surface area is 157 Å². The van der Waals surface area contributed by atoms with Crippen LogP contribution in [0.15, 0.2) is 5.83 Å². The average molecular weight is 509 g/mol. The van der Waals surface area contributed by atoms with Gasteiger partial charge in [-0.3, -0.25) is 0 Å². The molecule has 0 nitrogen and oxygen atoms in total. The molecule has 0 aliphatic carbocycles. The third-order valence-corrected chi connectivity index (χ3v) is 3.64. The SMILES string of the molecule is CC(F)C(F)(F)C(F)(F)C(F)(F)C(F)(F)C(F)(F)C(F)(F)C(F)(F)C(F)(F)/C(F)=[C]\F. The Bertz CT molecular complexity index is 684. The first kappa shape index (κ1) is 29.4. The van der Waals surface area contributed by atoms with Crippen LogP contribution < -0.4 is 0 Å². The molecule has 0 N–H and O–H groups in total.